The Kier molecular flexibility index (Phi) is 46.8. The van der Waals surface area contributed by atoms with Crippen LogP contribution in [0.3, 0.4) is 0 Å². The highest BCUT2D eigenvalue weighted by Gasteiger charge is 2.24. The fraction of sp³-hybridized carbons (Fsp3) is 0.649. The van der Waals surface area contributed by atoms with E-state index >= 15 is 0 Å². The number of hydrogen-bond acceptors (Lipinski definition) is 5. The van der Waals surface area contributed by atoms with Gasteiger partial charge in [0.25, 0.3) is 0 Å². The average molecular weight is 874 g/mol. The molecule has 0 radical (unpaired) electrons. The zero-order valence-corrected chi connectivity index (χ0v) is 40.7. The minimum absolute atomic E-state index is 0.0310. The number of carbonyl (C=O) groups is 2. The summed E-state index contributed by atoms with van der Waals surface area (Å²) in [7, 11) is 0. The van der Waals surface area contributed by atoms with Crippen molar-refractivity contribution in [2.24, 2.45) is 0 Å². The standard InChI is InChI=1S/C57H95NO5/c1-4-7-10-13-16-19-22-25-26-27-28-29-30-32-35-38-41-44-47-50-57(62)63-53(48-45-42-39-36-33-31-23-20-17-14-11-8-5-2)51-56(61)58-54(52-59)55(60)49-46-43-40-37-34-24-21-18-15-12-9-6-3/h7-8,10-11,14,16-17,19-20,23,25-26,28-29,31-33,35,53-55,59-60H,4-6,9,12-13,15,18,21-22,24,27,30,34,36-52H2,1-3H3,(H,58,61)/b10-7-,11-8+,17-14+,19-16-,23-20+,26-25-,29-28-,33-31-,35-32-. The number of nitrogens with one attached hydrogen (secondary N) is 1. The van der Waals surface area contributed by atoms with Crippen molar-refractivity contribution in [1.29, 1.82) is 0 Å². The summed E-state index contributed by atoms with van der Waals surface area (Å²) in [5.74, 6) is -0.561. The summed E-state index contributed by atoms with van der Waals surface area (Å²) < 4.78 is 5.90. The summed E-state index contributed by atoms with van der Waals surface area (Å²) in [5, 5.41) is 23.7. The van der Waals surface area contributed by atoms with Gasteiger partial charge in [0.1, 0.15) is 6.10 Å². The maximum Gasteiger partial charge on any atom is 0.306 e. The second kappa shape index (κ2) is 49.5. The largest absolute Gasteiger partial charge is 0.462 e. The van der Waals surface area contributed by atoms with Gasteiger partial charge < -0.3 is 20.3 Å². The number of ether oxygens (including phenoxy) is 1. The molecule has 1 amide bonds. The average Bonchev–Trinajstić information content (AvgIpc) is 3.28. The van der Waals surface area contributed by atoms with E-state index in [9.17, 15) is 19.8 Å². The first kappa shape index (κ1) is 59.5. The van der Waals surface area contributed by atoms with Crippen molar-refractivity contribution in [2.75, 3.05) is 6.61 Å². The molecule has 0 aliphatic carbocycles. The Morgan fingerprint density at radius 3 is 1.49 bits per heavy atom. The number of allylic oxidation sites excluding steroid dienone is 18. The van der Waals surface area contributed by atoms with Crippen molar-refractivity contribution in [1.82, 2.24) is 5.32 Å². The quantitative estimate of drug-likeness (QED) is 0.0245. The van der Waals surface area contributed by atoms with Gasteiger partial charge in [0.05, 0.1) is 25.2 Å². The van der Waals surface area contributed by atoms with Crippen LogP contribution in [0, 0.1) is 0 Å². The first-order valence-electron chi connectivity index (χ1n) is 25.7. The summed E-state index contributed by atoms with van der Waals surface area (Å²) in [6.07, 6.45) is 67.2. The van der Waals surface area contributed by atoms with Gasteiger partial charge in [-0.05, 0) is 89.9 Å². The molecule has 0 aromatic carbocycles. The maximum atomic E-state index is 13.2. The maximum absolute atomic E-state index is 13.2. The van der Waals surface area contributed by atoms with Gasteiger partial charge in [0, 0.05) is 6.42 Å². The lowest BCUT2D eigenvalue weighted by atomic mass is 10.0. The Balaban J connectivity index is 4.70. The first-order chi connectivity index (χ1) is 31.0. The van der Waals surface area contributed by atoms with E-state index in [0.717, 1.165) is 109 Å². The Hall–Kier alpha value is -3.48. The van der Waals surface area contributed by atoms with Crippen LogP contribution < -0.4 is 5.32 Å². The van der Waals surface area contributed by atoms with Crippen LogP contribution in [0.1, 0.15) is 213 Å². The van der Waals surface area contributed by atoms with Crippen molar-refractivity contribution in [3.63, 3.8) is 0 Å². The van der Waals surface area contributed by atoms with Gasteiger partial charge in [-0.15, -0.1) is 0 Å². The molecule has 0 aliphatic rings. The molecule has 3 N–H and O–H groups in total. The second-order valence-electron chi connectivity index (χ2n) is 16.9. The van der Waals surface area contributed by atoms with Crippen LogP contribution >= 0.6 is 0 Å². The van der Waals surface area contributed by atoms with Crippen molar-refractivity contribution in [2.45, 2.75) is 232 Å². The van der Waals surface area contributed by atoms with E-state index < -0.39 is 18.2 Å². The molecule has 0 spiro atoms. The third-order valence-electron chi connectivity index (χ3n) is 10.9. The van der Waals surface area contributed by atoms with E-state index in [1.807, 2.05) is 30.4 Å². The number of carbonyl (C=O) groups excluding carboxylic acids is 2. The van der Waals surface area contributed by atoms with Gasteiger partial charge in [0.15, 0.2) is 0 Å². The molecule has 0 saturated carbocycles. The van der Waals surface area contributed by atoms with Crippen LogP contribution in [0.4, 0.5) is 0 Å². The fourth-order valence-electron chi connectivity index (χ4n) is 7.11. The molecule has 0 rings (SSSR count). The van der Waals surface area contributed by atoms with Gasteiger partial charge >= 0.3 is 5.97 Å². The number of unbranched alkanes of at least 4 members (excludes halogenated alkanes) is 17. The molecule has 0 fully saturated rings. The molecule has 6 heteroatoms. The van der Waals surface area contributed by atoms with E-state index in [-0.39, 0.29) is 24.9 Å². The monoisotopic (exact) mass is 874 g/mol. The molecule has 0 heterocycles. The smallest absolute Gasteiger partial charge is 0.306 e. The molecular weight excluding hydrogens is 779 g/mol. The summed E-state index contributed by atoms with van der Waals surface area (Å²) in [5.41, 5.74) is 0. The van der Waals surface area contributed by atoms with Crippen molar-refractivity contribution in [3.8, 4) is 0 Å². The zero-order valence-electron chi connectivity index (χ0n) is 40.7. The van der Waals surface area contributed by atoms with Crippen LogP contribution in [-0.4, -0.2) is 46.9 Å². The lowest BCUT2D eigenvalue weighted by Gasteiger charge is -2.24. The second-order valence-corrected chi connectivity index (χ2v) is 16.9. The van der Waals surface area contributed by atoms with Crippen LogP contribution in [0.5, 0.6) is 0 Å². The number of hydrogen-bond donors (Lipinski definition) is 3. The molecule has 6 nitrogen and oxygen atoms in total. The van der Waals surface area contributed by atoms with Crippen molar-refractivity contribution < 1.29 is 24.5 Å². The summed E-state index contributed by atoms with van der Waals surface area (Å²) in [6, 6.07) is -0.728. The number of esters is 1. The van der Waals surface area contributed by atoms with Gasteiger partial charge in [-0.2, -0.15) is 0 Å². The minimum Gasteiger partial charge on any atom is -0.462 e. The molecule has 3 atom stereocenters. The van der Waals surface area contributed by atoms with E-state index in [4.69, 9.17) is 4.74 Å². The number of aliphatic hydroxyl groups excluding tert-OH is 2. The molecule has 0 aromatic heterocycles. The van der Waals surface area contributed by atoms with Gasteiger partial charge in [-0.25, -0.2) is 0 Å². The van der Waals surface area contributed by atoms with Crippen molar-refractivity contribution in [3.05, 3.63) is 109 Å². The lowest BCUT2D eigenvalue weighted by molar-refractivity contribution is -0.151. The van der Waals surface area contributed by atoms with Crippen LogP contribution in [0.2, 0.25) is 0 Å². The highest BCUT2D eigenvalue weighted by molar-refractivity contribution is 5.77. The molecule has 0 aromatic rings. The van der Waals surface area contributed by atoms with E-state index in [0.29, 0.717) is 19.3 Å². The van der Waals surface area contributed by atoms with Gasteiger partial charge in [-0.1, -0.05) is 220 Å². The SMILES string of the molecule is CC/C=C\C/C=C\C/C=C\C/C=C\C/C=C\CCCCCC(=O)OC(CCCCC\C=C/C=C/C=C/C=C/CC)CC(=O)NC(CO)C(O)CCCCCCCCCCCCCC. The number of amides is 1. The Morgan fingerprint density at radius 1 is 0.492 bits per heavy atom. The molecule has 358 valence electrons. The predicted molar refractivity (Wildman–Crippen MR) is 273 cm³/mol. The zero-order chi connectivity index (χ0) is 45.9. The summed E-state index contributed by atoms with van der Waals surface area (Å²) >= 11 is 0. The van der Waals surface area contributed by atoms with Crippen LogP contribution in [0.15, 0.2) is 109 Å². The molecule has 0 saturated heterocycles. The normalized spacial score (nSPS) is 14.2. The molecular formula is C57H95NO5. The topological polar surface area (TPSA) is 95.9 Å². The predicted octanol–water partition coefficient (Wildman–Crippen LogP) is 15.5. The van der Waals surface area contributed by atoms with Gasteiger partial charge in [-0.3, -0.25) is 9.59 Å². The summed E-state index contributed by atoms with van der Waals surface area (Å²) in [4.78, 5) is 26.1. The molecule has 0 aliphatic heterocycles. The van der Waals surface area contributed by atoms with Crippen LogP contribution in [0.25, 0.3) is 0 Å². The van der Waals surface area contributed by atoms with E-state index in [2.05, 4.69) is 105 Å². The van der Waals surface area contributed by atoms with Crippen molar-refractivity contribution >= 4 is 11.9 Å². The highest BCUT2D eigenvalue weighted by Crippen LogP contribution is 2.17. The molecule has 3 unspecified atom stereocenters. The third kappa shape index (κ3) is 44.9. The Bertz CT molecular complexity index is 1300. The lowest BCUT2D eigenvalue weighted by Crippen LogP contribution is -2.46. The number of aliphatic hydroxyl groups is 2. The summed E-state index contributed by atoms with van der Waals surface area (Å²) in [6.45, 7) is 6.20. The van der Waals surface area contributed by atoms with Crippen LogP contribution in [-0.2, 0) is 14.3 Å². The Morgan fingerprint density at radius 2 is 0.937 bits per heavy atom. The Labute approximate surface area is 388 Å². The first-order valence-corrected chi connectivity index (χ1v) is 25.7. The van der Waals surface area contributed by atoms with E-state index in [1.165, 1.54) is 57.8 Å². The highest BCUT2D eigenvalue weighted by atomic mass is 16.5. The fourth-order valence-corrected chi connectivity index (χ4v) is 7.11. The van der Waals surface area contributed by atoms with E-state index in [1.54, 1.807) is 0 Å². The third-order valence-corrected chi connectivity index (χ3v) is 10.9. The van der Waals surface area contributed by atoms with Gasteiger partial charge in [0.2, 0.25) is 5.91 Å². The minimum atomic E-state index is -0.811. The molecule has 63 heavy (non-hydrogen) atoms. The number of rotatable bonds is 44. The molecule has 0 bridgehead atoms.